The minimum atomic E-state index is -0.0583. The lowest BCUT2D eigenvalue weighted by Gasteiger charge is -2.47. The quantitative estimate of drug-likeness (QED) is 0.832. The van der Waals surface area contributed by atoms with E-state index in [0.717, 1.165) is 24.2 Å². The van der Waals surface area contributed by atoms with Crippen LogP contribution in [0.3, 0.4) is 0 Å². The Kier molecular flexibility index (Phi) is 4.88. The maximum absolute atomic E-state index is 12.6. The lowest BCUT2D eigenvalue weighted by Crippen LogP contribution is -2.56. The van der Waals surface area contributed by atoms with Crippen LogP contribution in [0.5, 0.6) is 5.75 Å². The fourth-order valence-corrected chi connectivity index (χ4v) is 4.22. The number of carbonyl (C=O) groups is 2. The van der Waals surface area contributed by atoms with Crippen LogP contribution in [0.2, 0.25) is 0 Å². The van der Waals surface area contributed by atoms with E-state index in [9.17, 15) is 9.59 Å². The highest BCUT2D eigenvalue weighted by Gasteiger charge is 2.40. The third-order valence-electron chi connectivity index (χ3n) is 5.67. The number of rotatable bonds is 4. The SMILES string of the molecule is COc1ccc(CN2C(=O)CC[C@@H]3CN(C(=O)c4ccco4)CC[C@@H]32)cc1. The Morgan fingerprint density at radius 2 is 2.04 bits per heavy atom. The number of ether oxygens (including phenoxy) is 1. The molecule has 0 saturated carbocycles. The largest absolute Gasteiger partial charge is 0.497 e. The van der Waals surface area contributed by atoms with Crippen LogP contribution in [0.15, 0.2) is 47.1 Å². The van der Waals surface area contributed by atoms with Crippen LogP contribution >= 0.6 is 0 Å². The number of amides is 2. The fraction of sp³-hybridized carbons (Fsp3) is 0.429. The van der Waals surface area contributed by atoms with Gasteiger partial charge in [0.15, 0.2) is 5.76 Å². The highest BCUT2D eigenvalue weighted by Crippen LogP contribution is 2.33. The maximum Gasteiger partial charge on any atom is 0.289 e. The Labute approximate surface area is 158 Å². The number of nitrogens with zero attached hydrogens (tertiary/aromatic N) is 2. The molecule has 0 radical (unpaired) electrons. The molecule has 2 atom stereocenters. The molecule has 2 fully saturated rings. The van der Waals surface area contributed by atoms with Gasteiger partial charge in [-0.1, -0.05) is 12.1 Å². The molecule has 6 nitrogen and oxygen atoms in total. The molecule has 0 N–H and O–H groups in total. The summed E-state index contributed by atoms with van der Waals surface area (Å²) in [5.41, 5.74) is 1.10. The van der Waals surface area contributed by atoms with E-state index in [4.69, 9.17) is 9.15 Å². The zero-order chi connectivity index (χ0) is 18.8. The maximum atomic E-state index is 12.6. The molecule has 3 heterocycles. The molecular weight excluding hydrogens is 344 g/mol. The average Bonchev–Trinajstić information content (AvgIpc) is 3.24. The zero-order valence-electron chi connectivity index (χ0n) is 15.5. The van der Waals surface area contributed by atoms with Crippen molar-refractivity contribution in [2.24, 2.45) is 5.92 Å². The van der Waals surface area contributed by atoms with Crippen LogP contribution < -0.4 is 4.74 Å². The van der Waals surface area contributed by atoms with Gasteiger partial charge in [-0.15, -0.1) is 0 Å². The number of methoxy groups -OCH3 is 1. The molecule has 2 saturated heterocycles. The summed E-state index contributed by atoms with van der Waals surface area (Å²) in [6, 6.07) is 11.5. The predicted octanol–water partition coefficient (Wildman–Crippen LogP) is 2.94. The molecule has 6 heteroatoms. The van der Waals surface area contributed by atoms with Gasteiger partial charge < -0.3 is 19.0 Å². The zero-order valence-corrected chi connectivity index (χ0v) is 15.5. The average molecular weight is 368 g/mol. The number of piperidine rings is 2. The summed E-state index contributed by atoms with van der Waals surface area (Å²) >= 11 is 0. The minimum Gasteiger partial charge on any atom is -0.497 e. The van der Waals surface area contributed by atoms with E-state index < -0.39 is 0 Å². The van der Waals surface area contributed by atoms with Gasteiger partial charge in [0.1, 0.15) is 5.75 Å². The molecule has 2 aromatic rings. The number of likely N-dealkylation sites (tertiary alicyclic amines) is 2. The van der Waals surface area contributed by atoms with Gasteiger partial charge >= 0.3 is 0 Å². The third kappa shape index (κ3) is 3.56. The molecular formula is C21H24N2O4. The van der Waals surface area contributed by atoms with Crippen molar-refractivity contribution in [1.29, 1.82) is 0 Å². The van der Waals surface area contributed by atoms with Gasteiger partial charge in [0.25, 0.3) is 5.91 Å². The number of benzene rings is 1. The smallest absolute Gasteiger partial charge is 0.289 e. The molecule has 27 heavy (non-hydrogen) atoms. The van der Waals surface area contributed by atoms with E-state index in [2.05, 4.69) is 0 Å². The summed E-state index contributed by atoms with van der Waals surface area (Å²) in [6.07, 6.45) is 3.71. The Bertz CT molecular complexity index is 800. The molecule has 142 valence electrons. The summed E-state index contributed by atoms with van der Waals surface area (Å²) in [5, 5.41) is 0. The van der Waals surface area contributed by atoms with Crippen LogP contribution in [0.4, 0.5) is 0 Å². The summed E-state index contributed by atoms with van der Waals surface area (Å²) in [7, 11) is 1.64. The second kappa shape index (κ2) is 7.47. The molecule has 4 rings (SSSR count). The second-order valence-electron chi connectivity index (χ2n) is 7.25. The highest BCUT2D eigenvalue weighted by atomic mass is 16.5. The monoisotopic (exact) mass is 368 g/mol. The van der Waals surface area contributed by atoms with E-state index in [0.29, 0.717) is 37.7 Å². The van der Waals surface area contributed by atoms with Gasteiger partial charge in [0.2, 0.25) is 5.91 Å². The lowest BCUT2D eigenvalue weighted by atomic mass is 9.83. The van der Waals surface area contributed by atoms with Gasteiger partial charge in [0, 0.05) is 32.1 Å². The first-order chi connectivity index (χ1) is 13.2. The van der Waals surface area contributed by atoms with Crippen molar-refractivity contribution in [3.8, 4) is 5.75 Å². The van der Waals surface area contributed by atoms with Crippen molar-refractivity contribution >= 4 is 11.8 Å². The molecule has 2 aliphatic heterocycles. The Morgan fingerprint density at radius 3 is 2.74 bits per heavy atom. The number of hydrogen-bond acceptors (Lipinski definition) is 4. The van der Waals surface area contributed by atoms with E-state index in [1.807, 2.05) is 34.1 Å². The number of furan rings is 1. The number of hydrogen-bond donors (Lipinski definition) is 0. The van der Waals surface area contributed by atoms with Gasteiger partial charge in [-0.05, 0) is 48.6 Å². The second-order valence-corrected chi connectivity index (χ2v) is 7.25. The molecule has 0 bridgehead atoms. The number of carbonyl (C=O) groups excluding carboxylic acids is 2. The summed E-state index contributed by atoms with van der Waals surface area (Å²) < 4.78 is 10.5. The van der Waals surface area contributed by atoms with Gasteiger partial charge in [-0.25, -0.2) is 0 Å². The summed E-state index contributed by atoms with van der Waals surface area (Å²) in [4.78, 5) is 29.0. The summed E-state index contributed by atoms with van der Waals surface area (Å²) in [5.74, 6) is 1.66. The van der Waals surface area contributed by atoms with Gasteiger partial charge in [-0.3, -0.25) is 9.59 Å². The first-order valence-electron chi connectivity index (χ1n) is 9.41. The van der Waals surface area contributed by atoms with Crippen molar-refractivity contribution < 1.29 is 18.7 Å². The molecule has 0 spiro atoms. The van der Waals surface area contributed by atoms with E-state index in [-0.39, 0.29) is 17.9 Å². The van der Waals surface area contributed by atoms with Crippen LogP contribution in [0, 0.1) is 5.92 Å². The summed E-state index contributed by atoms with van der Waals surface area (Å²) in [6.45, 7) is 1.93. The fourth-order valence-electron chi connectivity index (χ4n) is 4.22. The molecule has 1 aromatic carbocycles. The van der Waals surface area contributed by atoms with Crippen molar-refractivity contribution in [2.45, 2.75) is 31.8 Å². The van der Waals surface area contributed by atoms with Crippen molar-refractivity contribution in [2.75, 3.05) is 20.2 Å². The molecule has 1 aromatic heterocycles. The lowest BCUT2D eigenvalue weighted by molar-refractivity contribution is -0.141. The Hall–Kier alpha value is -2.76. The van der Waals surface area contributed by atoms with Gasteiger partial charge in [0.05, 0.1) is 13.4 Å². The van der Waals surface area contributed by atoms with Crippen LogP contribution in [0.25, 0.3) is 0 Å². The van der Waals surface area contributed by atoms with Crippen molar-refractivity contribution in [3.05, 3.63) is 54.0 Å². The predicted molar refractivity (Wildman–Crippen MR) is 99.3 cm³/mol. The van der Waals surface area contributed by atoms with Crippen LogP contribution in [0.1, 0.15) is 35.4 Å². The molecule has 2 amide bonds. The van der Waals surface area contributed by atoms with Crippen LogP contribution in [-0.4, -0.2) is 47.9 Å². The highest BCUT2D eigenvalue weighted by molar-refractivity contribution is 5.91. The normalized spacial score (nSPS) is 22.5. The standard InChI is InChI=1S/C21H24N2O4/c1-26-17-7-4-15(5-8-17)13-23-18-10-11-22(14-16(18)6-9-20(23)24)21(25)19-3-2-12-27-19/h2-5,7-8,12,16,18H,6,9-11,13-14H2,1H3/t16-,18+/m1/s1. The topological polar surface area (TPSA) is 63.0 Å². The molecule has 0 aliphatic carbocycles. The van der Waals surface area contributed by atoms with Crippen molar-refractivity contribution in [3.63, 3.8) is 0 Å². The Balaban J connectivity index is 1.45. The first-order valence-corrected chi connectivity index (χ1v) is 9.41. The van der Waals surface area contributed by atoms with E-state index in [1.165, 1.54) is 6.26 Å². The van der Waals surface area contributed by atoms with Crippen LogP contribution in [-0.2, 0) is 11.3 Å². The van der Waals surface area contributed by atoms with E-state index in [1.54, 1.807) is 19.2 Å². The third-order valence-corrected chi connectivity index (χ3v) is 5.67. The molecule has 0 unspecified atom stereocenters. The number of fused-ring (bicyclic) bond motifs is 1. The molecule has 2 aliphatic rings. The van der Waals surface area contributed by atoms with Gasteiger partial charge in [-0.2, -0.15) is 0 Å². The van der Waals surface area contributed by atoms with E-state index >= 15 is 0 Å². The Morgan fingerprint density at radius 1 is 1.22 bits per heavy atom. The first kappa shape index (κ1) is 17.6. The van der Waals surface area contributed by atoms with Crippen molar-refractivity contribution in [1.82, 2.24) is 9.80 Å². The minimum absolute atomic E-state index is 0.0583.